The van der Waals surface area contributed by atoms with E-state index >= 15 is 0 Å². The zero-order valence-electron chi connectivity index (χ0n) is 19.1. The van der Waals surface area contributed by atoms with E-state index in [2.05, 4.69) is 0 Å². The number of fused-ring (bicyclic) bond motifs is 3. The van der Waals surface area contributed by atoms with Crippen molar-refractivity contribution in [2.75, 3.05) is 14.2 Å². The van der Waals surface area contributed by atoms with E-state index in [-0.39, 0.29) is 34.5 Å². The maximum Gasteiger partial charge on any atom is 0.312 e. The molecule has 184 valence electrons. The van der Waals surface area contributed by atoms with E-state index in [9.17, 15) is 30.0 Å². The standard InChI is InChI=1S/C26H20O10/c1-33-13-5-12(6-14(8-13)34-2)15-9-20(30)35-19-10-18(29)22-23(31)24(32)25(36-26(22)21(15)19)11-3-4-16(27)17(28)7-11/h3-8,10,15,27-29,32H,9H2,1-2H3/t15-/m1/s1. The van der Waals surface area contributed by atoms with Gasteiger partial charge >= 0.3 is 5.97 Å². The van der Waals surface area contributed by atoms with Gasteiger partial charge in [-0.1, -0.05) is 0 Å². The molecule has 3 aromatic carbocycles. The molecular formula is C26H20O10. The highest BCUT2D eigenvalue weighted by Gasteiger charge is 2.35. The fraction of sp³-hybridized carbons (Fsp3) is 0.154. The highest BCUT2D eigenvalue weighted by atomic mass is 16.5. The number of methoxy groups -OCH3 is 2. The Morgan fingerprint density at radius 1 is 0.861 bits per heavy atom. The molecule has 5 rings (SSSR count). The van der Waals surface area contributed by atoms with E-state index in [1.165, 1.54) is 26.4 Å². The zero-order chi connectivity index (χ0) is 25.7. The first-order chi connectivity index (χ1) is 17.2. The van der Waals surface area contributed by atoms with Crippen LogP contribution in [0.2, 0.25) is 0 Å². The summed E-state index contributed by atoms with van der Waals surface area (Å²) in [5, 5.41) is 40.5. The van der Waals surface area contributed by atoms with Crippen molar-refractivity contribution in [1.29, 1.82) is 0 Å². The normalized spacial score (nSPS) is 14.8. The van der Waals surface area contributed by atoms with Crippen LogP contribution < -0.4 is 19.6 Å². The third-order valence-electron chi connectivity index (χ3n) is 6.08. The Hall–Kier alpha value is -4.86. The second kappa shape index (κ2) is 8.42. The molecule has 0 bridgehead atoms. The molecule has 0 saturated carbocycles. The van der Waals surface area contributed by atoms with Crippen LogP contribution in [0.1, 0.15) is 23.5 Å². The number of ether oxygens (including phenoxy) is 3. The summed E-state index contributed by atoms with van der Waals surface area (Å²) in [4.78, 5) is 25.7. The van der Waals surface area contributed by atoms with Gasteiger partial charge in [0.25, 0.3) is 0 Å². The van der Waals surface area contributed by atoms with Gasteiger partial charge in [0, 0.05) is 29.2 Å². The molecule has 36 heavy (non-hydrogen) atoms. The zero-order valence-corrected chi connectivity index (χ0v) is 19.1. The van der Waals surface area contributed by atoms with E-state index in [0.717, 1.165) is 12.1 Å². The van der Waals surface area contributed by atoms with Gasteiger partial charge in [0.15, 0.2) is 17.3 Å². The summed E-state index contributed by atoms with van der Waals surface area (Å²) in [6.45, 7) is 0. The lowest BCUT2D eigenvalue weighted by molar-refractivity contribution is -0.135. The van der Waals surface area contributed by atoms with Crippen molar-refractivity contribution in [1.82, 2.24) is 0 Å². The Balaban J connectivity index is 1.85. The number of aromatic hydroxyl groups is 4. The predicted molar refractivity (Wildman–Crippen MR) is 126 cm³/mol. The molecule has 0 amide bonds. The number of phenols is 3. The third-order valence-corrected chi connectivity index (χ3v) is 6.08. The van der Waals surface area contributed by atoms with Crippen LogP contribution in [-0.4, -0.2) is 40.6 Å². The molecule has 1 atom stereocenters. The minimum Gasteiger partial charge on any atom is -0.507 e. The van der Waals surface area contributed by atoms with E-state index < -0.39 is 40.3 Å². The monoisotopic (exact) mass is 492 g/mol. The van der Waals surface area contributed by atoms with Gasteiger partial charge in [0.05, 0.1) is 20.6 Å². The molecule has 2 heterocycles. The van der Waals surface area contributed by atoms with Crippen molar-refractivity contribution >= 4 is 16.9 Å². The fourth-order valence-electron chi connectivity index (χ4n) is 4.36. The van der Waals surface area contributed by atoms with Gasteiger partial charge < -0.3 is 39.1 Å². The third kappa shape index (κ3) is 3.59. The number of carbonyl (C=O) groups is 1. The van der Waals surface area contributed by atoms with Gasteiger partial charge in [-0.3, -0.25) is 9.59 Å². The van der Waals surface area contributed by atoms with Crippen molar-refractivity contribution in [2.24, 2.45) is 0 Å². The Kier molecular flexibility index (Phi) is 5.36. The summed E-state index contributed by atoms with van der Waals surface area (Å²) >= 11 is 0. The first-order valence-corrected chi connectivity index (χ1v) is 10.7. The van der Waals surface area contributed by atoms with Crippen LogP contribution >= 0.6 is 0 Å². The molecule has 4 N–H and O–H groups in total. The molecule has 0 radical (unpaired) electrons. The molecule has 1 aliphatic rings. The van der Waals surface area contributed by atoms with E-state index in [1.54, 1.807) is 18.2 Å². The molecular weight excluding hydrogens is 472 g/mol. The van der Waals surface area contributed by atoms with Gasteiger partial charge in [-0.2, -0.15) is 0 Å². The Morgan fingerprint density at radius 3 is 2.19 bits per heavy atom. The van der Waals surface area contributed by atoms with Gasteiger partial charge in [-0.25, -0.2) is 0 Å². The van der Waals surface area contributed by atoms with Crippen molar-refractivity contribution in [3.63, 3.8) is 0 Å². The van der Waals surface area contributed by atoms with Crippen LogP contribution in [0.3, 0.4) is 0 Å². The van der Waals surface area contributed by atoms with Gasteiger partial charge in [0.2, 0.25) is 11.2 Å². The van der Waals surface area contributed by atoms with Crippen molar-refractivity contribution < 1.29 is 43.8 Å². The minimum absolute atomic E-state index is 0.0172. The maximum absolute atomic E-state index is 13.2. The van der Waals surface area contributed by atoms with Gasteiger partial charge in [0.1, 0.15) is 34.0 Å². The summed E-state index contributed by atoms with van der Waals surface area (Å²) in [5.74, 6) is -2.93. The van der Waals surface area contributed by atoms with Crippen LogP contribution in [0.25, 0.3) is 22.3 Å². The first kappa shape index (κ1) is 22.9. The summed E-state index contributed by atoms with van der Waals surface area (Å²) in [6, 6.07) is 9.80. The molecule has 4 aromatic rings. The Morgan fingerprint density at radius 2 is 1.56 bits per heavy atom. The van der Waals surface area contributed by atoms with Gasteiger partial charge in [-0.05, 0) is 35.9 Å². The molecule has 10 nitrogen and oxygen atoms in total. The lowest BCUT2D eigenvalue weighted by Gasteiger charge is -2.26. The molecule has 1 aliphatic heterocycles. The van der Waals surface area contributed by atoms with Gasteiger partial charge in [-0.15, -0.1) is 0 Å². The number of rotatable bonds is 4. The van der Waals surface area contributed by atoms with Crippen LogP contribution in [0.15, 0.2) is 51.7 Å². The Labute approximate surface area is 203 Å². The van der Waals surface area contributed by atoms with Crippen molar-refractivity contribution in [2.45, 2.75) is 12.3 Å². The molecule has 0 aliphatic carbocycles. The average Bonchev–Trinajstić information content (AvgIpc) is 2.86. The van der Waals surface area contributed by atoms with E-state index in [4.69, 9.17) is 18.6 Å². The number of phenolic OH excluding ortho intramolecular Hbond substituents is 3. The maximum atomic E-state index is 13.2. The Bertz CT molecular complexity index is 1580. The molecule has 0 spiro atoms. The number of hydrogen-bond donors (Lipinski definition) is 4. The van der Waals surface area contributed by atoms with Crippen LogP contribution in [-0.2, 0) is 4.79 Å². The van der Waals surface area contributed by atoms with E-state index in [1.807, 2.05) is 0 Å². The topological polar surface area (TPSA) is 156 Å². The minimum atomic E-state index is -0.932. The largest absolute Gasteiger partial charge is 0.507 e. The quantitative estimate of drug-likeness (QED) is 0.188. The lowest BCUT2D eigenvalue weighted by Crippen LogP contribution is -2.22. The first-order valence-electron chi connectivity index (χ1n) is 10.7. The SMILES string of the molecule is COc1cc(OC)cc([C@H]2CC(=O)Oc3cc(O)c4c(=O)c(O)c(-c5ccc(O)c(O)c5)oc4c32)c1. The number of carbonyl (C=O) groups excluding carboxylic acids is 1. The second-order valence-corrected chi connectivity index (χ2v) is 8.20. The summed E-state index contributed by atoms with van der Waals surface area (Å²) in [5.41, 5.74) is -0.0753. The molecule has 0 saturated heterocycles. The van der Waals surface area contributed by atoms with Crippen molar-refractivity contribution in [3.8, 4) is 51.6 Å². The fourth-order valence-corrected chi connectivity index (χ4v) is 4.36. The second-order valence-electron chi connectivity index (χ2n) is 8.20. The number of benzene rings is 3. The summed E-state index contributed by atoms with van der Waals surface area (Å²) in [7, 11) is 2.96. The molecule has 10 heteroatoms. The average molecular weight is 492 g/mol. The molecule has 0 unspecified atom stereocenters. The number of esters is 1. The van der Waals surface area contributed by atoms with Crippen LogP contribution in [0.4, 0.5) is 0 Å². The molecule has 0 fully saturated rings. The molecule has 1 aromatic heterocycles. The highest BCUT2D eigenvalue weighted by Crippen LogP contribution is 2.48. The highest BCUT2D eigenvalue weighted by molar-refractivity contribution is 5.94. The summed E-state index contributed by atoms with van der Waals surface area (Å²) < 4.78 is 22.1. The number of hydrogen-bond acceptors (Lipinski definition) is 10. The lowest BCUT2D eigenvalue weighted by atomic mass is 9.84. The smallest absolute Gasteiger partial charge is 0.312 e. The van der Waals surface area contributed by atoms with Crippen LogP contribution in [0, 0.1) is 0 Å². The van der Waals surface area contributed by atoms with E-state index in [0.29, 0.717) is 22.6 Å². The van der Waals surface area contributed by atoms with Crippen molar-refractivity contribution in [3.05, 3.63) is 63.8 Å². The van der Waals surface area contributed by atoms with Crippen LogP contribution in [0.5, 0.6) is 40.2 Å². The summed E-state index contributed by atoms with van der Waals surface area (Å²) in [6.07, 6.45) is -0.122. The predicted octanol–water partition coefficient (Wildman–Crippen LogP) is 3.74.